The predicted molar refractivity (Wildman–Crippen MR) is 95.6 cm³/mol. The zero-order chi connectivity index (χ0) is 18.8. The van der Waals surface area contributed by atoms with Gasteiger partial charge in [0.15, 0.2) is 16.9 Å². The van der Waals surface area contributed by atoms with Gasteiger partial charge in [0.1, 0.15) is 5.75 Å². The van der Waals surface area contributed by atoms with E-state index in [1.165, 1.54) is 36.4 Å². The topological polar surface area (TPSA) is 132 Å². The van der Waals surface area contributed by atoms with Gasteiger partial charge in [-0.25, -0.2) is 4.79 Å². The number of fused-ring (bicyclic) bond motifs is 1. The van der Waals surface area contributed by atoms with Crippen molar-refractivity contribution in [2.45, 2.75) is 6.92 Å². The van der Waals surface area contributed by atoms with Gasteiger partial charge in [0.05, 0.1) is 23.5 Å². The van der Waals surface area contributed by atoms with Gasteiger partial charge in [0.25, 0.3) is 0 Å². The molecule has 3 rings (SSSR count). The number of benzene rings is 2. The van der Waals surface area contributed by atoms with Crippen LogP contribution < -0.4 is 10.7 Å². The van der Waals surface area contributed by atoms with E-state index in [2.05, 4.69) is 10.3 Å². The molecule has 0 atom stereocenters. The Labute approximate surface area is 147 Å². The molecular formula is C18H16N2O6. The van der Waals surface area contributed by atoms with Crippen LogP contribution in [0, 0.1) is 0 Å². The Balaban J connectivity index is 2.16. The first-order chi connectivity index (χ1) is 12.4. The van der Waals surface area contributed by atoms with Crippen LogP contribution in [0.5, 0.6) is 17.2 Å². The third-order valence-electron chi connectivity index (χ3n) is 3.73. The molecule has 1 aromatic heterocycles. The van der Waals surface area contributed by atoms with Gasteiger partial charge >= 0.3 is 6.09 Å². The fraction of sp³-hybridized carbons (Fsp3) is 0.111. The molecule has 3 aromatic rings. The summed E-state index contributed by atoms with van der Waals surface area (Å²) in [4.78, 5) is 27.1. The molecule has 5 N–H and O–H groups in total. The van der Waals surface area contributed by atoms with Crippen LogP contribution in [0.4, 0.5) is 10.5 Å². The highest BCUT2D eigenvalue weighted by Crippen LogP contribution is 2.32. The Morgan fingerprint density at radius 1 is 1.12 bits per heavy atom. The summed E-state index contributed by atoms with van der Waals surface area (Å²) in [6.45, 7) is 1.83. The Bertz CT molecular complexity index is 1060. The second-order valence-electron chi connectivity index (χ2n) is 5.51. The SMILES string of the molecule is CCOC(=O)Nc1cc(O)ccc1-c1cc(=O)c2cc(O)c(O)cc2[nH]1. The van der Waals surface area contributed by atoms with Crippen LogP contribution >= 0.6 is 0 Å². The average molecular weight is 356 g/mol. The summed E-state index contributed by atoms with van der Waals surface area (Å²) in [5.74, 6) is -0.850. The number of nitrogens with one attached hydrogen (secondary N) is 2. The van der Waals surface area contributed by atoms with Gasteiger partial charge in [-0.15, -0.1) is 0 Å². The van der Waals surface area contributed by atoms with Crippen molar-refractivity contribution < 1.29 is 24.9 Å². The zero-order valence-corrected chi connectivity index (χ0v) is 13.7. The Morgan fingerprint density at radius 2 is 1.85 bits per heavy atom. The average Bonchev–Trinajstić information content (AvgIpc) is 2.57. The van der Waals surface area contributed by atoms with E-state index in [0.29, 0.717) is 16.8 Å². The number of phenolic OH excluding ortho intramolecular Hbond substituents is 3. The maximum atomic E-state index is 12.4. The minimum absolute atomic E-state index is 0.0775. The summed E-state index contributed by atoms with van der Waals surface area (Å²) < 4.78 is 4.83. The number of aromatic nitrogens is 1. The monoisotopic (exact) mass is 356 g/mol. The molecule has 8 nitrogen and oxygen atoms in total. The quantitative estimate of drug-likeness (QED) is 0.459. The van der Waals surface area contributed by atoms with Crippen molar-refractivity contribution in [3.63, 3.8) is 0 Å². The van der Waals surface area contributed by atoms with E-state index >= 15 is 0 Å². The van der Waals surface area contributed by atoms with E-state index < -0.39 is 11.8 Å². The lowest BCUT2D eigenvalue weighted by Gasteiger charge is -2.12. The van der Waals surface area contributed by atoms with Crippen molar-refractivity contribution in [1.29, 1.82) is 0 Å². The highest BCUT2D eigenvalue weighted by Gasteiger charge is 2.14. The number of amides is 1. The van der Waals surface area contributed by atoms with Gasteiger partial charge in [-0.1, -0.05) is 0 Å². The van der Waals surface area contributed by atoms with E-state index in [1.54, 1.807) is 6.92 Å². The lowest BCUT2D eigenvalue weighted by molar-refractivity contribution is 0.168. The van der Waals surface area contributed by atoms with E-state index in [4.69, 9.17) is 4.74 Å². The summed E-state index contributed by atoms with van der Waals surface area (Å²) in [5.41, 5.74) is 0.931. The number of rotatable bonds is 3. The number of H-pyrrole nitrogens is 1. The Hall–Kier alpha value is -3.68. The molecule has 0 aliphatic carbocycles. The molecule has 26 heavy (non-hydrogen) atoms. The minimum atomic E-state index is -0.704. The first-order valence-corrected chi connectivity index (χ1v) is 7.75. The maximum absolute atomic E-state index is 12.4. The molecule has 0 unspecified atom stereocenters. The molecule has 0 aliphatic heterocycles. The largest absolute Gasteiger partial charge is 0.508 e. The van der Waals surface area contributed by atoms with Crippen molar-refractivity contribution in [2.75, 3.05) is 11.9 Å². The van der Waals surface area contributed by atoms with Crippen LogP contribution in [0.3, 0.4) is 0 Å². The van der Waals surface area contributed by atoms with Gasteiger partial charge in [-0.2, -0.15) is 0 Å². The second-order valence-corrected chi connectivity index (χ2v) is 5.51. The van der Waals surface area contributed by atoms with Crippen LogP contribution in [-0.2, 0) is 4.74 Å². The maximum Gasteiger partial charge on any atom is 0.411 e. The first kappa shape index (κ1) is 17.2. The van der Waals surface area contributed by atoms with Gasteiger partial charge in [0, 0.05) is 29.1 Å². The summed E-state index contributed by atoms with van der Waals surface area (Å²) in [7, 11) is 0. The molecule has 0 bridgehead atoms. The standard InChI is InChI=1S/C18H16N2O6/c1-2-26-18(25)20-12-5-9(21)3-4-10(12)13-7-15(22)11-6-16(23)17(24)8-14(11)19-13/h3-8,21,23-24H,2H2,1H3,(H,19,22)(H,20,25). The molecule has 0 saturated carbocycles. The lowest BCUT2D eigenvalue weighted by atomic mass is 10.1. The van der Waals surface area contributed by atoms with Crippen molar-refractivity contribution in [1.82, 2.24) is 4.98 Å². The van der Waals surface area contributed by atoms with Gasteiger partial charge in [-0.05, 0) is 25.1 Å². The number of hydrogen-bond acceptors (Lipinski definition) is 6. The highest BCUT2D eigenvalue weighted by molar-refractivity contribution is 5.93. The molecule has 1 heterocycles. The molecule has 1 amide bonds. The molecular weight excluding hydrogens is 340 g/mol. The third kappa shape index (κ3) is 3.25. The normalized spacial score (nSPS) is 10.7. The molecule has 0 spiro atoms. The second kappa shape index (κ2) is 6.67. The van der Waals surface area contributed by atoms with Crippen molar-refractivity contribution in [3.8, 4) is 28.5 Å². The predicted octanol–water partition coefficient (Wildman–Crippen LogP) is 2.88. The van der Waals surface area contributed by atoms with Crippen LogP contribution in [0.15, 0.2) is 41.2 Å². The van der Waals surface area contributed by atoms with Crippen molar-refractivity contribution >= 4 is 22.7 Å². The summed E-state index contributed by atoms with van der Waals surface area (Å²) in [5, 5.41) is 31.6. The van der Waals surface area contributed by atoms with Gasteiger partial charge < -0.3 is 25.0 Å². The number of hydrogen-bond donors (Lipinski definition) is 5. The third-order valence-corrected chi connectivity index (χ3v) is 3.73. The summed E-state index contributed by atoms with van der Waals surface area (Å²) >= 11 is 0. The van der Waals surface area contributed by atoms with E-state index in [9.17, 15) is 24.9 Å². The van der Waals surface area contributed by atoms with Crippen LogP contribution in [0.1, 0.15) is 6.92 Å². The van der Waals surface area contributed by atoms with E-state index in [0.717, 1.165) is 0 Å². The van der Waals surface area contributed by atoms with Crippen molar-refractivity contribution in [2.24, 2.45) is 0 Å². The number of phenols is 3. The zero-order valence-electron chi connectivity index (χ0n) is 13.7. The van der Waals surface area contributed by atoms with Crippen LogP contribution in [0.25, 0.3) is 22.2 Å². The number of carbonyl (C=O) groups is 1. The lowest BCUT2D eigenvalue weighted by Crippen LogP contribution is -2.14. The Morgan fingerprint density at radius 3 is 2.58 bits per heavy atom. The molecule has 0 saturated heterocycles. The Kier molecular flexibility index (Phi) is 4.40. The summed E-state index contributed by atoms with van der Waals surface area (Å²) in [6.07, 6.45) is -0.704. The molecule has 0 radical (unpaired) electrons. The molecule has 0 aliphatic rings. The number of pyridine rings is 1. The number of carbonyl (C=O) groups excluding carboxylic acids is 1. The van der Waals surface area contributed by atoms with Crippen molar-refractivity contribution in [3.05, 3.63) is 46.6 Å². The molecule has 2 aromatic carbocycles. The minimum Gasteiger partial charge on any atom is -0.508 e. The first-order valence-electron chi connectivity index (χ1n) is 7.75. The number of ether oxygens (including phenoxy) is 1. The van der Waals surface area contributed by atoms with Crippen LogP contribution in [0.2, 0.25) is 0 Å². The summed E-state index contributed by atoms with van der Waals surface area (Å²) in [6, 6.07) is 7.94. The smallest absolute Gasteiger partial charge is 0.411 e. The molecule has 134 valence electrons. The van der Waals surface area contributed by atoms with Gasteiger partial charge in [0.2, 0.25) is 0 Å². The van der Waals surface area contributed by atoms with E-state index in [-0.39, 0.29) is 34.6 Å². The van der Waals surface area contributed by atoms with Crippen LogP contribution in [-0.4, -0.2) is 33.0 Å². The molecule has 0 fully saturated rings. The van der Waals surface area contributed by atoms with Gasteiger partial charge in [-0.3, -0.25) is 10.1 Å². The van der Waals surface area contributed by atoms with E-state index in [1.807, 2.05) is 0 Å². The fourth-order valence-corrected chi connectivity index (χ4v) is 2.57. The fourth-order valence-electron chi connectivity index (χ4n) is 2.57. The molecule has 8 heteroatoms. The number of anilines is 1. The number of aromatic hydroxyl groups is 3. The number of aromatic amines is 1. The highest BCUT2D eigenvalue weighted by atomic mass is 16.5.